The summed E-state index contributed by atoms with van der Waals surface area (Å²) >= 11 is 0. The van der Waals surface area contributed by atoms with Gasteiger partial charge in [-0.3, -0.25) is 14.5 Å². The van der Waals surface area contributed by atoms with E-state index in [0.717, 1.165) is 44.3 Å². The van der Waals surface area contributed by atoms with E-state index in [1.807, 2.05) is 29.7 Å². The molecule has 2 aliphatic rings. The molecule has 0 N–H and O–H groups in total. The number of piperazine rings is 1. The van der Waals surface area contributed by atoms with Gasteiger partial charge in [0.05, 0.1) is 12.0 Å². The van der Waals surface area contributed by atoms with Gasteiger partial charge in [0.1, 0.15) is 5.82 Å². The predicted octanol–water partition coefficient (Wildman–Crippen LogP) is 2.65. The predicted molar refractivity (Wildman–Crippen MR) is 107 cm³/mol. The van der Waals surface area contributed by atoms with Gasteiger partial charge in [-0.1, -0.05) is 25.0 Å². The van der Waals surface area contributed by atoms with E-state index in [2.05, 4.69) is 4.90 Å². The maximum absolute atomic E-state index is 13.8. The van der Waals surface area contributed by atoms with Gasteiger partial charge >= 0.3 is 0 Å². The van der Waals surface area contributed by atoms with Crippen molar-refractivity contribution in [1.82, 2.24) is 14.7 Å². The monoisotopic (exact) mass is 389 g/mol. The molecule has 2 fully saturated rings. The second-order valence-electron chi connectivity index (χ2n) is 7.93. The highest BCUT2D eigenvalue weighted by Crippen LogP contribution is 2.43. The van der Waals surface area contributed by atoms with Crippen LogP contribution >= 0.6 is 0 Å². The Kier molecular flexibility index (Phi) is 6.70. The molecule has 0 radical (unpaired) electrons. The molecular formula is C22H32FN3O2. The van der Waals surface area contributed by atoms with E-state index in [1.54, 1.807) is 6.07 Å². The van der Waals surface area contributed by atoms with Crippen molar-refractivity contribution in [3.8, 4) is 0 Å². The molecule has 1 aromatic carbocycles. The largest absolute Gasteiger partial charge is 0.342 e. The van der Waals surface area contributed by atoms with Gasteiger partial charge in [0.25, 0.3) is 0 Å². The fourth-order valence-corrected chi connectivity index (χ4v) is 4.67. The van der Waals surface area contributed by atoms with Gasteiger partial charge in [-0.05, 0) is 44.4 Å². The van der Waals surface area contributed by atoms with E-state index in [1.165, 1.54) is 12.1 Å². The number of rotatable bonds is 6. The average Bonchev–Trinajstić information content (AvgIpc) is 3.20. The Labute approximate surface area is 167 Å². The normalized spacial score (nSPS) is 19.6. The van der Waals surface area contributed by atoms with E-state index < -0.39 is 5.41 Å². The number of carbonyl (C=O) groups is 2. The van der Waals surface area contributed by atoms with Crippen LogP contribution < -0.4 is 0 Å². The van der Waals surface area contributed by atoms with Crippen LogP contribution in [0.3, 0.4) is 0 Å². The van der Waals surface area contributed by atoms with E-state index >= 15 is 0 Å². The summed E-state index contributed by atoms with van der Waals surface area (Å²) in [4.78, 5) is 31.7. The summed E-state index contributed by atoms with van der Waals surface area (Å²) in [5, 5.41) is 0. The molecule has 3 rings (SSSR count). The van der Waals surface area contributed by atoms with Crippen LogP contribution in [0.4, 0.5) is 4.39 Å². The molecule has 1 saturated carbocycles. The lowest BCUT2D eigenvalue weighted by Gasteiger charge is -2.40. The molecule has 1 aromatic rings. The fourth-order valence-electron chi connectivity index (χ4n) is 4.67. The molecule has 1 saturated heterocycles. The van der Waals surface area contributed by atoms with Crippen LogP contribution in [-0.2, 0) is 15.0 Å². The first-order valence-electron chi connectivity index (χ1n) is 10.6. The maximum atomic E-state index is 13.8. The summed E-state index contributed by atoms with van der Waals surface area (Å²) in [7, 11) is 0. The SMILES string of the molecule is CCN(CC)C(=O)CN1CCN(C(=O)C2(c3cccc(F)c3)CCCC2)CC1. The van der Waals surface area contributed by atoms with E-state index in [9.17, 15) is 14.0 Å². The molecular weight excluding hydrogens is 357 g/mol. The van der Waals surface area contributed by atoms with Crippen molar-refractivity contribution in [3.05, 3.63) is 35.6 Å². The van der Waals surface area contributed by atoms with Gasteiger partial charge in [-0.2, -0.15) is 0 Å². The van der Waals surface area contributed by atoms with Crippen LogP contribution in [0.1, 0.15) is 45.1 Å². The lowest BCUT2D eigenvalue weighted by Crippen LogP contribution is -2.55. The Morgan fingerprint density at radius 2 is 1.71 bits per heavy atom. The summed E-state index contributed by atoms with van der Waals surface area (Å²) in [6.07, 6.45) is 3.58. The number of hydrogen-bond acceptors (Lipinski definition) is 3. The van der Waals surface area contributed by atoms with Crippen molar-refractivity contribution < 1.29 is 14.0 Å². The molecule has 0 unspecified atom stereocenters. The minimum absolute atomic E-state index is 0.130. The number of amides is 2. The Balaban J connectivity index is 1.64. The second-order valence-corrected chi connectivity index (χ2v) is 7.93. The first kappa shape index (κ1) is 20.8. The van der Waals surface area contributed by atoms with Gasteiger partial charge in [-0.25, -0.2) is 4.39 Å². The van der Waals surface area contributed by atoms with Crippen molar-refractivity contribution in [2.24, 2.45) is 0 Å². The zero-order chi connectivity index (χ0) is 20.1. The quantitative estimate of drug-likeness (QED) is 0.751. The van der Waals surface area contributed by atoms with Gasteiger partial charge in [0.2, 0.25) is 11.8 Å². The molecule has 0 spiro atoms. The standard InChI is InChI=1S/C22H32FN3O2/c1-3-25(4-2)20(27)17-24-12-14-26(15-13-24)21(28)22(10-5-6-11-22)18-8-7-9-19(23)16-18/h7-9,16H,3-6,10-15,17H2,1-2H3. The van der Waals surface area contributed by atoms with Gasteiger partial charge in [-0.15, -0.1) is 0 Å². The number of benzene rings is 1. The highest BCUT2D eigenvalue weighted by Gasteiger charge is 2.45. The number of nitrogens with zero attached hydrogens (tertiary/aromatic N) is 3. The third-order valence-corrected chi connectivity index (χ3v) is 6.38. The zero-order valence-electron chi connectivity index (χ0n) is 17.1. The number of likely N-dealkylation sites (N-methyl/N-ethyl adjacent to an activating group) is 1. The minimum Gasteiger partial charge on any atom is -0.342 e. The van der Waals surface area contributed by atoms with Crippen LogP contribution in [0.25, 0.3) is 0 Å². The molecule has 28 heavy (non-hydrogen) atoms. The zero-order valence-corrected chi connectivity index (χ0v) is 17.1. The van der Waals surface area contributed by atoms with E-state index in [4.69, 9.17) is 0 Å². The molecule has 6 heteroatoms. The lowest BCUT2D eigenvalue weighted by molar-refractivity contribution is -0.139. The van der Waals surface area contributed by atoms with Crippen LogP contribution in [0, 0.1) is 5.82 Å². The molecule has 1 heterocycles. The smallest absolute Gasteiger partial charge is 0.236 e. The molecule has 1 aliphatic carbocycles. The van der Waals surface area contributed by atoms with Crippen LogP contribution in [0.15, 0.2) is 24.3 Å². The highest BCUT2D eigenvalue weighted by atomic mass is 19.1. The maximum Gasteiger partial charge on any atom is 0.236 e. The Morgan fingerprint density at radius 1 is 1.07 bits per heavy atom. The van der Waals surface area contributed by atoms with Crippen molar-refractivity contribution in [2.75, 3.05) is 45.8 Å². The molecule has 154 valence electrons. The number of hydrogen-bond donors (Lipinski definition) is 0. The Morgan fingerprint density at radius 3 is 2.29 bits per heavy atom. The lowest BCUT2D eigenvalue weighted by atomic mass is 9.77. The van der Waals surface area contributed by atoms with Crippen LogP contribution in [-0.4, -0.2) is 72.3 Å². The highest BCUT2D eigenvalue weighted by molar-refractivity contribution is 5.89. The van der Waals surface area contributed by atoms with Gasteiger partial charge in [0, 0.05) is 39.3 Å². The average molecular weight is 390 g/mol. The topological polar surface area (TPSA) is 43.9 Å². The summed E-state index contributed by atoms with van der Waals surface area (Å²) in [5.74, 6) is -0.00145. The second kappa shape index (κ2) is 9.03. The van der Waals surface area contributed by atoms with E-state index in [-0.39, 0.29) is 17.6 Å². The Hall–Kier alpha value is -1.95. The van der Waals surface area contributed by atoms with E-state index in [0.29, 0.717) is 32.7 Å². The van der Waals surface area contributed by atoms with Crippen molar-refractivity contribution >= 4 is 11.8 Å². The third-order valence-electron chi connectivity index (χ3n) is 6.38. The number of halogens is 1. The summed E-state index contributed by atoms with van der Waals surface area (Å²) in [6, 6.07) is 6.56. The van der Waals surface area contributed by atoms with Crippen LogP contribution in [0.2, 0.25) is 0 Å². The molecule has 0 atom stereocenters. The summed E-state index contributed by atoms with van der Waals surface area (Å²) in [6.45, 7) is 8.52. The summed E-state index contributed by atoms with van der Waals surface area (Å²) in [5.41, 5.74) is 0.232. The fraction of sp³-hybridized carbons (Fsp3) is 0.636. The minimum atomic E-state index is -0.582. The van der Waals surface area contributed by atoms with Gasteiger partial charge in [0.15, 0.2) is 0 Å². The molecule has 0 aromatic heterocycles. The first-order valence-corrected chi connectivity index (χ1v) is 10.6. The molecule has 2 amide bonds. The molecule has 0 bridgehead atoms. The van der Waals surface area contributed by atoms with Crippen molar-refractivity contribution in [1.29, 1.82) is 0 Å². The van der Waals surface area contributed by atoms with Crippen molar-refractivity contribution in [3.63, 3.8) is 0 Å². The molecule has 5 nitrogen and oxygen atoms in total. The summed E-state index contributed by atoms with van der Waals surface area (Å²) < 4.78 is 13.8. The third kappa shape index (κ3) is 4.22. The van der Waals surface area contributed by atoms with Gasteiger partial charge < -0.3 is 9.80 Å². The van der Waals surface area contributed by atoms with Crippen molar-refractivity contribution in [2.45, 2.75) is 44.9 Å². The Bertz CT molecular complexity index is 691. The van der Waals surface area contributed by atoms with Crippen LogP contribution in [0.5, 0.6) is 0 Å². The number of carbonyl (C=O) groups excluding carboxylic acids is 2. The first-order chi connectivity index (χ1) is 13.5. The molecule has 1 aliphatic heterocycles.